The maximum Gasteiger partial charge on any atom is 0.356 e. The second kappa shape index (κ2) is 5.60. The van der Waals surface area contributed by atoms with Crippen LogP contribution in [0.15, 0.2) is 30.3 Å². The van der Waals surface area contributed by atoms with Crippen LogP contribution < -0.4 is 4.90 Å². The minimum atomic E-state index is -0.989. The topological polar surface area (TPSA) is 58.4 Å². The third kappa shape index (κ3) is 2.63. The average molecular weight is 285 g/mol. The SMILES string of the molecule is CCc1cc(C(=O)O)nn1-c1ccc(N2CCCC2)cc1. The molecule has 0 aliphatic carbocycles. The van der Waals surface area contributed by atoms with Crippen molar-refractivity contribution in [1.29, 1.82) is 0 Å². The summed E-state index contributed by atoms with van der Waals surface area (Å²) in [6.45, 7) is 4.23. The van der Waals surface area contributed by atoms with E-state index in [1.807, 2.05) is 19.1 Å². The van der Waals surface area contributed by atoms with E-state index in [9.17, 15) is 4.79 Å². The van der Waals surface area contributed by atoms with E-state index in [0.29, 0.717) is 0 Å². The van der Waals surface area contributed by atoms with Gasteiger partial charge >= 0.3 is 5.97 Å². The molecule has 0 atom stereocenters. The van der Waals surface area contributed by atoms with Gasteiger partial charge in [-0.3, -0.25) is 0 Å². The van der Waals surface area contributed by atoms with E-state index < -0.39 is 5.97 Å². The first-order valence-corrected chi connectivity index (χ1v) is 7.36. The van der Waals surface area contributed by atoms with Crippen molar-refractivity contribution in [3.05, 3.63) is 41.7 Å². The number of anilines is 1. The van der Waals surface area contributed by atoms with Crippen LogP contribution in [0.25, 0.3) is 5.69 Å². The fourth-order valence-corrected chi connectivity index (χ4v) is 2.78. The molecule has 1 aromatic heterocycles. The molecule has 110 valence electrons. The van der Waals surface area contributed by atoms with E-state index in [1.54, 1.807) is 10.7 Å². The first-order valence-electron chi connectivity index (χ1n) is 7.36. The molecule has 0 amide bonds. The number of benzene rings is 1. The summed E-state index contributed by atoms with van der Waals surface area (Å²) in [6, 6.07) is 9.82. The predicted octanol–water partition coefficient (Wildman–Crippen LogP) is 2.73. The van der Waals surface area contributed by atoms with Crippen LogP contribution in [-0.2, 0) is 6.42 Å². The minimum absolute atomic E-state index is 0.0930. The maximum atomic E-state index is 11.1. The highest BCUT2D eigenvalue weighted by Crippen LogP contribution is 2.22. The van der Waals surface area contributed by atoms with Crippen LogP contribution in [0.2, 0.25) is 0 Å². The molecule has 5 nitrogen and oxygen atoms in total. The molecule has 1 aliphatic rings. The number of aromatic nitrogens is 2. The maximum absolute atomic E-state index is 11.1. The average Bonchev–Trinajstić information content (AvgIpc) is 3.17. The molecule has 21 heavy (non-hydrogen) atoms. The number of nitrogens with zero attached hydrogens (tertiary/aromatic N) is 3. The number of carboxylic acid groups (broad SMARTS) is 1. The van der Waals surface area contributed by atoms with E-state index in [2.05, 4.69) is 22.1 Å². The molecule has 1 fully saturated rings. The highest BCUT2D eigenvalue weighted by molar-refractivity contribution is 5.85. The van der Waals surface area contributed by atoms with E-state index in [-0.39, 0.29) is 5.69 Å². The van der Waals surface area contributed by atoms with Gasteiger partial charge in [-0.1, -0.05) is 6.92 Å². The molecule has 2 heterocycles. The van der Waals surface area contributed by atoms with Gasteiger partial charge in [-0.25, -0.2) is 9.48 Å². The lowest BCUT2D eigenvalue weighted by Gasteiger charge is -2.18. The molecule has 0 bridgehead atoms. The lowest BCUT2D eigenvalue weighted by molar-refractivity contribution is 0.0690. The molecule has 1 N–H and O–H groups in total. The normalized spacial score (nSPS) is 14.6. The van der Waals surface area contributed by atoms with Gasteiger partial charge in [0.05, 0.1) is 5.69 Å². The number of rotatable bonds is 4. The first-order chi connectivity index (χ1) is 10.2. The van der Waals surface area contributed by atoms with Crippen molar-refractivity contribution < 1.29 is 9.90 Å². The summed E-state index contributed by atoms with van der Waals surface area (Å²) in [5.74, 6) is -0.989. The Kier molecular flexibility index (Phi) is 3.64. The van der Waals surface area contributed by atoms with Crippen molar-refractivity contribution in [2.24, 2.45) is 0 Å². The Morgan fingerprint density at radius 1 is 1.19 bits per heavy atom. The van der Waals surface area contributed by atoms with Crippen molar-refractivity contribution in [3.8, 4) is 5.69 Å². The van der Waals surface area contributed by atoms with E-state index in [0.717, 1.165) is 30.9 Å². The highest BCUT2D eigenvalue weighted by Gasteiger charge is 2.15. The monoisotopic (exact) mass is 285 g/mol. The number of carboxylic acids is 1. The van der Waals surface area contributed by atoms with Gasteiger partial charge in [0.2, 0.25) is 0 Å². The molecular formula is C16H19N3O2. The Hall–Kier alpha value is -2.30. The summed E-state index contributed by atoms with van der Waals surface area (Å²) in [7, 11) is 0. The summed E-state index contributed by atoms with van der Waals surface area (Å²) in [5, 5.41) is 13.3. The first kappa shape index (κ1) is 13.7. The smallest absolute Gasteiger partial charge is 0.356 e. The second-order valence-corrected chi connectivity index (χ2v) is 5.30. The number of hydrogen-bond acceptors (Lipinski definition) is 3. The number of aromatic carboxylic acids is 1. The summed E-state index contributed by atoms with van der Waals surface area (Å²) < 4.78 is 1.72. The standard InChI is InChI=1S/C16H19N3O2/c1-2-12-11-15(16(20)21)17-19(12)14-7-5-13(6-8-14)18-9-3-4-10-18/h5-8,11H,2-4,9-10H2,1H3,(H,20,21). The van der Waals surface area contributed by atoms with Crippen LogP contribution in [0.4, 0.5) is 5.69 Å². The second-order valence-electron chi connectivity index (χ2n) is 5.30. The third-order valence-corrected chi connectivity index (χ3v) is 3.93. The zero-order valence-corrected chi connectivity index (χ0v) is 12.1. The van der Waals surface area contributed by atoms with Crippen molar-refractivity contribution in [1.82, 2.24) is 9.78 Å². The van der Waals surface area contributed by atoms with E-state index in [4.69, 9.17) is 5.11 Å². The van der Waals surface area contributed by atoms with E-state index in [1.165, 1.54) is 18.5 Å². The molecular weight excluding hydrogens is 266 g/mol. The summed E-state index contributed by atoms with van der Waals surface area (Å²) in [6.07, 6.45) is 3.25. The highest BCUT2D eigenvalue weighted by atomic mass is 16.4. The molecule has 5 heteroatoms. The number of aryl methyl sites for hydroxylation is 1. The van der Waals surface area contributed by atoms with Gasteiger partial charge in [0, 0.05) is 24.5 Å². The summed E-state index contributed by atoms with van der Waals surface area (Å²) >= 11 is 0. The van der Waals surface area contributed by atoms with Crippen molar-refractivity contribution in [2.45, 2.75) is 26.2 Å². The van der Waals surface area contributed by atoms with Crippen molar-refractivity contribution >= 4 is 11.7 Å². The molecule has 0 radical (unpaired) electrons. The zero-order valence-electron chi connectivity index (χ0n) is 12.1. The Morgan fingerprint density at radius 3 is 2.38 bits per heavy atom. The zero-order chi connectivity index (χ0) is 14.8. The van der Waals surface area contributed by atoms with Gasteiger partial charge in [0.15, 0.2) is 5.69 Å². The van der Waals surface area contributed by atoms with Crippen LogP contribution in [0.3, 0.4) is 0 Å². The van der Waals surface area contributed by atoms with Crippen LogP contribution >= 0.6 is 0 Å². The molecule has 2 aromatic rings. The summed E-state index contributed by atoms with van der Waals surface area (Å²) in [5.41, 5.74) is 3.12. The lowest BCUT2D eigenvalue weighted by atomic mass is 10.2. The van der Waals surface area contributed by atoms with Crippen LogP contribution in [0.5, 0.6) is 0 Å². The Bertz CT molecular complexity index is 640. The Balaban J connectivity index is 1.91. The van der Waals surface area contributed by atoms with Gasteiger partial charge in [-0.2, -0.15) is 5.10 Å². The van der Waals surface area contributed by atoms with Crippen molar-refractivity contribution in [3.63, 3.8) is 0 Å². The van der Waals surface area contributed by atoms with Crippen LogP contribution in [0, 0.1) is 0 Å². The number of hydrogen-bond donors (Lipinski definition) is 1. The quantitative estimate of drug-likeness (QED) is 0.938. The third-order valence-electron chi connectivity index (χ3n) is 3.93. The van der Waals surface area contributed by atoms with Crippen molar-refractivity contribution in [2.75, 3.05) is 18.0 Å². The van der Waals surface area contributed by atoms with Gasteiger partial charge in [0.1, 0.15) is 0 Å². The minimum Gasteiger partial charge on any atom is -0.476 e. The Morgan fingerprint density at radius 2 is 1.81 bits per heavy atom. The van der Waals surface area contributed by atoms with E-state index >= 15 is 0 Å². The van der Waals surface area contributed by atoms with Crippen LogP contribution in [0.1, 0.15) is 35.9 Å². The number of carbonyl (C=O) groups is 1. The molecule has 1 aliphatic heterocycles. The fraction of sp³-hybridized carbons (Fsp3) is 0.375. The molecule has 0 saturated carbocycles. The largest absolute Gasteiger partial charge is 0.476 e. The fourth-order valence-electron chi connectivity index (χ4n) is 2.78. The van der Waals surface area contributed by atoms with Gasteiger partial charge < -0.3 is 10.0 Å². The van der Waals surface area contributed by atoms with Gasteiger partial charge in [0.25, 0.3) is 0 Å². The van der Waals surface area contributed by atoms with Crippen LogP contribution in [-0.4, -0.2) is 33.9 Å². The molecule has 1 aromatic carbocycles. The predicted molar refractivity (Wildman–Crippen MR) is 81.3 cm³/mol. The lowest BCUT2D eigenvalue weighted by Crippen LogP contribution is -2.17. The summed E-state index contributed by atoms with van der Waals surface area (Å²) in [4.78, 5) is 13.4. The molecule has 3 rings (SSSR count). The Labute approximate surface area is 123 Å². The van der Waals surface area contributed by atoms with Gasteiger partial charge in [-0.15, -0.1) is 0 Å². The molecule has 1 saturated heterocycles. The molecule has 0 spiro atoms. The van der Waals surface area contributed by atoms with Gasteiger partial charge in [-0.05, 0) is 49.6 Å². The molecule has 0 unspecified atom stereocenters.